The Labute approximate surface area is 120 Å². The van der Waals surface area contributed by atoms with E-state index in [-0.39, 0.29) is 0 Å². The van der Waals surface area contributed by atoms with E-state index < -0.39 is 0 Å². The lowest BCUT2D eigenvalue weighted by molar-refractivity contribution is 0.356. The van der Waals surface area contributed by atoms with Crippen molar-refractivity contribution < 1.29 is 0 Å². The fraction of sp³-hybridized carbons (Fsp3) is 0.538. The van der Waals surface area contributed by atoms with Crippen molar-refractivity contribution in [1.82, 2.24) is 0 Å². The van der Waals surface area contributed by atoms with Crippen molar-refractivity contribution in [2.75, 3.05) is 23.7 Å². The van der Waals surface area contributed by atoms with Crippen LogP contribution in [0.1, 0.15) is 20.3 Å². The van der Waals surface area contributed by atoms with Crippen molar-refractivity contribution in [3.63, 3.8) is 0 Å². The van der Waals surface area contributed by atoms with Crippen LogP contribution in [0.15, 0.2) is 21.1 Å². The lowest BCUT2D eigenvalue weighted by Gasteiger charge is -2.37. The predicted octanol–water partition coefficient (Wildman–Crippen LogP) is 4.28. The van der Waals surface area contributed by atoms with Gasteiger partial charge in [-0.05, 0) is 62.2 Å². The largest absolute Gasteiger partial charge is 0.399 e. The lowest BCUT2D eigenvalue weighted by Crippen LogP contribution is -2.39. The van der Waals surface area contributed by atoms with Gasteiger partial charge in [0.2, 0.25) is 0 Å². The number of nitrogen functional groups attached to an aromatic ring is 1. The number of halogens is 2. The standard InChI is InChI=1S/C13H18Br2N2/c1-8-3-9(2)7-17(6-8)13-11(14)4-10(16)5-12(13)15/h4-5,8-9H,3,6-7,16H2,1-2H3. The molecule has 0 aliphatic carbocycles. The van der Waals surface area contributed by atoms with Crippen LogP contribution in [0.25, 0.3) is 0 Å². The van der Waals surface area contributed by atoms with Gasteiger partial charge in [0.15, 0.2) is 0 Å². The zero-order chi connectivity index (χ0) is 12.6. The molecular formula is C13H18Br2N2. The van der Waals surface area contributed by atoms with Gasteiger partial charge in [-0.15, -0.1) is 0 Å². The van der Waals surface area contributed by atoms with Gasteiger partial charge in [0.05, 0.1) is 5.69 Å². The maximum Gasteiger partial charge on any atom is 0.0656 e. The molecule has 2 rings (SSSR count). The molecule has 4 heteroatoms. The minimum Gasteiger partial charge on any atom is -0.399 e. The van der Waals surface area contributed by atoms with E-state index in [1.54, 1.807) is 0 Å². The third-order valence-electron chi connectivity index (χ3n) is 3.22. The molecule has 1 aliphatic heterocycles. The summed E-state index contributed by atoms with van der Waals surface area (Å²) >= 11 is 7.24. The number of hydrogen-bond donors (Lipinski definition) is 1. The number of piperidine rings is 1. The van der Waals surface area contributed by atoms with Gasteiger partial charge >= 0.3 is 0 Å². The van der Waals surface area contributed by atoms with E-state index in [9.17, 15) is 0 Å². The molecule has 0 aromatic heterocycles. The first-order valence-corrected chi connectivity index (χ1v) is 7.55. The number of rotatable bonds is 1. The Kier molecular flexibility index (Phi) is 4.03. The molecule has 2 N–H and O–H groups in total. The molecule has 2 nitrogen and oxygen atoms in total. The third kappa shape index (κ3) is 2.97. The highest BCUT2D eigenvalue weighted by atomic mass is 79.9. The zero-order valence-corrected chi connectivity index (χ0v) is 13.4. The number of benzene rings is 1. The van der Waals surface area contributed by atoms with E-state index in [0.29, 0.717) is 0 Å². The summed E-state index contributed by atoms with van der Waals surface area (Å²) in [5, 5.41) is 0. The predicted molar refractivity (Wildman–Crippen MR) is 81.4 cm³/mol. The van der Waals surface area contributed by atoms with Gasteiger partial charge in [0.25, 0.3) is 0 Å². The van der Waals surface area contributed by atoms with Crippen LogP contribution in [0.3, 0.4) is 0 Å². The molecule has 1 aromatic rings. The topological polar surface area (TPSA) is 29.3 Å². The van der Waals surface area contributed by atoms with E-state index in [1.807, 2.05) is 12.1 Å². The van der Waals surface area contributed by atoms with E-state index in [2.05, 4.69) is 50.6 Å². The Balaban J connectivity index is 2.33. The van der Waals surface area contributed by atoms with E-state index in [4.69, 9.17) is 5.73 Å². The van der Waals surface area contributed by atoms with E-state index in [0.717, 1.165) is 39.6 Å². The first kappa shape index (κ1) is 13.2. The van der Waals surface area contributed by atoms with Crippen LogP contribution in [0, 0.1) is 11.8 Å². The maximum atomic E-state index is 5.83. The molecule has 1 fully saturated rings. The highest BCUT2D eigenvalue weighted by molar-refractivity contribution is 9.11. The maximum absolute atomic E-state index is 5.83. The number of nitrogens with zero attached hydrogens (tertiary/aromatic N) is 1. The summed E-state index contributed by atoms with van der Waals surface area (Å²) in [6.45, 7) is 6.88. The van der Waals surface area contributed by atoms with E-state index in [1.165, 1.54) is 12.1 Å². The molecule has 94 valence electrons. The molecular weight excluding hydrogens is 344 g/mol. The van der Waals surface area contributed by atoms with Crippen molar-refractivity contribution in [3.05, 3.63) is 21.1 Å². The zero-order valence-electron chi connectivity index (χ0n) is 10.2. The highest BCUT2D eigenvalue weighted by Gasteiger charge is 2.24. The normalized spacial score (nSPS) is 25.1. The lowest BCUT2D eigenvalue weighted by atomic mass is 9.91. The Morgan fingerprint density at radius 2 is 1.59 bits per heavy atom. The van der Waals surface area contributed by atoms with Gasteiger partial charge in [0, 0.05) is 27.7 Å². The van der Waals surface area contributed by atoms with Gasteiger partial charge in [0.1, 0.15) is 0 Å². The highest BCUT2D eigenvalue weighted by Crippen LogP contribution is 2.39. The second-order valence-electron chi connectivity index (χ2n) is 5.18. The molecule has 2 unspecified atom stereocenters. The summed E-state index contributed by atoms with van der Waals surface area (Å²) < 4.78 is 2.15. The number of anilines is 2. The van der Waals surface area contributed by atoms with Crippen molar-refractivity contribution in [3.8, 4) is 0 Å². The number of nitrogens with two attached hydrogens (primary N) is 1. The first-order chi connectivity index (χ1) is 7.97. The third-order valence-corrected chi connectivity index (χ3v) is 4.43. The minimum absolute atomic E-state index is 0.745. The minimum atomic E-state index is 0.745. The molecule has 1 aliphatic rings. The quantitative estimate of drug-likeness (QED) is 0.756. The average Bonchev–Trinajstić information content (AvgIpc) is 2.13. The second-order valence-corrected chi connectivity index (χ2v) is 6.89. The second kappa shape index (κ2) is 5.19. The average molecular weight is 362 g/mol. The van der Waals surface area contributed by atoms with Crippen molar-refractivity contribution in [1.29, 1.82) is 0 Å². The van der Waals surface area contributed by atoms with Gasteiger partial charge in [-0.1, -0.05) is 13.8 Å². The molecule has 0 amide bonds. The molecule has 17 heavy (non-hydrogen) atoms. The Morgan fingerprint density at radius 1 is 1.12 bits per heavy atom. The van der Waals surface area contributed by atoms with Gasteiger partial charge in [-0.25, -0.2) is 0 Å². The molecule has 0 radical (unpaired) electrons. The Morgan fingerprint density at radius 3 is 2.06 bits per heavy atom. The van der Waals surface area contributed by atoms with Crippen LogP contribution in [-0.4, -0.2) is 13.1 Å². The Bertz CT molecular complexity index is 387. The van der Waals surface area contributed by atoms with Crippen LogP contribution in [0.4, 0.5) is 11.4 Å². The summed E-state index contributed by atoms with van der Waals surface area (Å²) in [7, 11) is 0. The Hall–Kier alpha value is -0.220. The molecule has 0 bridgehead atoms. The molecule has 0 spiro atoms. The van der Waals surface area contributed by atoms with Crippen LogP contribution >= 0.6 is 31.9 Å². The van der Waals surface area contributed by atoms with Crippen LogP contribution in [-0.2, 0) is 0 Å². The van der Waals surface area contributed by atoms with Gasteiger partial charge < -0.3 is 10.6 Å². The van der Waals surface area contributed by atoms with Crippen molar-refractivity contribution in [2.45, 2.75) is 20.3 Å². The van der Waals surface area contributed by atoms with Crippen LogP contribution in [0.5, 0.6) is 0 Å². The van der Waals surface area contributed by atoms with Crippen LogP contribution in [0.2, 0.25) is 0 Å². The smallest absolute Gasteiger partial charge is 0.0656 e. The summed E-state index contributed by atoms with van der Waals surface area (Å²) in [5.74, 6) is 1.49. The number of hydrogen-bond acceptors (Lipinski definition) is 2. The molecule has 1 heterocycles. The molecule has 1 saturated heterocycles. The van der Waals surface area contributed by atoms with Crippen molar-refractivity contribution >= 4 is 43.2 Å². The summed E-state index contributed by atoms with van der Waals surface area (Å²) in [4.78, 5) is 2.45. The fourth-order valence-electron chi connectivity index (χ4n) is 2.73. The van der Waals surface area contributed by atoms with E-state index >= 15 is 0 Å². The fourth-order valence-corrected chi connectivity index (χ4v) is 4.46. The summed E-state index contributed by atoms with van der Waals surface area (Å²) in [6.07, 6.45) is 1.32. The first-order valence-electron chi connectivity index (χ1n) is 5.97. The molecule has 1 aromatic carbocycles. The monoisotopic (exact) mass is 360 g/mol. The van der Waals surface area contributed by atoms with Gasteiger partial charge in [-0.2, -0.15) is 0 Å². The van der Waals surface area contributed by atoms with Crippen LogP contribution < -0.4 is 10.6 Å². The summed E-state index contributed by atoms with van der Waals surface area (Å²) in [5.41, 5.74) is 7.85. The molecule has 2 atom stereocenters. The SMILES string of the molecule is CC1CC(C)CN(c2c(Br)cc(N)cc2Br)C1. The molecule has 0 saturated carbocycles. The van der Waals surface area contributed by atoms with Crippen molar-refractivity contribution in [2.24, 2.45) is 11.8 Å². The summed E-state index contributed by atoms with van der Waals surface area (Å²) in [6, 6.07) is 3.95. The van der Waals surface area contributed by atoms with Gasteiger partial charge in [-0.3, -0.25) is 0 Å².